The highest BCUT2D eigenvalue weighted by atomic mass is 16.6. The number of carbonyl (C=O) groups excluding carboxylic acids is 1. The van der Waals surface area contributed by atoms with Gasteiger partial charge in [0.2, 0.25) is 0 Å². The molecule has 0 spiro atoms. The Balaban J connectivity index is 2.86. The lowest BCUT2D eigenvalue weighted by Crippen LogP contribution is -2.59. The number of hydroxylamine groups is 1. The van der Waals surface area contributed by atoms with Gasteiger partial charge in [0.25, 0.3) is 0 Å². The van der Waals surface area contributed by atoms with Crippen molar-refractivity contribution in [2.24, 2.45) is 5.41 Å². The number of rotatable bonds is 5. The molecule has 0 radical (unpaired) electrons. The first-order chi connectivity index (χ1) is 8.90. The van der Waals surface area contributed by atoms with Crippen molar-refractivity contribution in [1.82, 2.24) is 10.8 Å². The molecule has 19 heavy (non-hydrogen) atoms. The molecule has 1 aliphatic rings. The largest absolute Gasteiger partial charge is 0.302 e. The number of carbonyl (C=O) groups is 1. The first-order valence-electron chi connectivity index (χ1n) is 7.57. The monoisotopic (exact) mass is 270 g/mol. The van der Waals surface area contributed by atoms with Crippen molar-refractivity contribution < 1.29 is 9.63 Å². The van der Waals surface area contributed by atoms with Crippen LogP contribution >= 0.6 is 0 Å². The molecule has 1 aliphatic heterocycles. The molecule has 112 valence electrons. The van der Waals surface area contributed by atoms with Gasteiger partial charge < -0.3 is 10.2 Å². The van der Waals surface area contributed by atoms with Gasteiger partial charge in [-0.05, 0) is 32.6 Å². The zero-order chi connectivity index (χ0) is 14.5. The van der Waals surface area contributed by atoms with Crippen LogP contribution in [0.3, 0.4) is 0 Å². The van der Waals surface area contributed by atoms with Gasteiger partial charge in [0.1, 0.15) is 0 Å². The highest BCUT2D eigenvalue weighted by Crippen LogP contribution is 2.29. The maximum absolute atomic E-state index is 12.8. The maximum Gasteiger partial charge on any atom is 0.155 e. The molecule has 2 atom stereocenters. The molecule has 0 amide bonds. The zero-order valence-electron chi connectivity index (χ0n) is 13.1. The highest BCUT2D eigenvalue weighted by molar-refractivity contribution is 5.89. The Kier molecular flexibility index (Phi) is 5.96. The second-order valence-electron chi connectivity index (χ2n) is 6.20. The molecule has 1 rings (SSSR count). The van der Waals surface area contributed by atoms with Crippen LogP contribution in [0, 0.1) is 5.41 Å². The minimum absolute atomic E-state index is 0.0941. The fourth-order valence-corrected chi connectivity index (χ4v) is 2.45. The minimum Gasteiger partial charge on any atom is -0.302 e. The summed E-state index contributed by atoms with van der Waals surface area (Å²) in [6.45, 7) is 11.9. The third-order valence-corrected chi connectivity index (χ3v) is 4.85. The van der Waals surface area contributed by atoms with E-state index in [4.69, 9.17) is 4.84 Å². The van der Waals surface area contributed by atoms with Crippen LogP contribution in [0.5, 0.6) is 0 Å². The first-order valence-corrected chi connectivity index (χ1v) is 7.57. The molecule has 1 saturated heterocycles. The Morgan fingerprint density at radius 1 is 1.37 bits per heavy atom. The quantitative estimate of drug-likeness (QED) is 0.805. The fourth-order valence-electron chi connectivity index (χ4n) is 2.45. The number of ketones is 1. The topological polar surface area (TPSA) is 50.4 Å². The highest BCUT2D eigenvalue weighted by Gasteiger charge is 2.38. The van der Waals surface area contributed by atoms with E-state index in [1.54, 1.807) is 0 Å². The molecule has 0 bridgehead atoms. The van der Waals surface area contributed by atoms with Gasteiger partial charge >= 0.3 is 0 Å². The van der Waals surface area contributed by atoms with E-state index >= 15 is 0 Å². The Morgan fingerprint density at radius 2 is 2.00 bits per heavy atom. The third-order valence-electron chi connectivity index (χ3n) is 4.85. The standard InChI is InChI=1S/C15H30N2O2/c1-6-14(4,7-2)13(18)12-9-10-19-16-11-15(5,8-3)17-12/h12,16-17H,6-11H2,1-5H3. The summed E-state index contributed by atoms with van der Waals surface area (Å²) in [5, 5.41) is 3.56. The summed E-state index contributed by atoms with van der Waals surface area (Å²) >= 11 is 0. The van der Waals surface area contributed by atoms with Crippen molar-refractivity contribution in [1.29, 1.82) is 0 Å². The number of Topliss-reactive ketones (excluding diaryl/α,β-unsaturated/α-hetero) is 1. The summed E-state index contributed by atoms with van der Waals surface area (Å²) in [7, 11) is 0. The van der Waals surface area contributed by atoms with E-state index in [0.29, 0.717) is 12.4 Å². The van der Waals surface area contributed by atoms with E-state index in [2.05, 4.69) is 45.4 Å². The van der Waals surface area contributed by atoms with Crippen molar-refractivity contribution >= 4 is 5.78 Å². The minimum atomic E-state index is -0.223. The molecule has 2 unspecified atom stereocenters. The molecular formula is C15H30N2O2. The van der Waals surface area contributed by atoms with Crippen LogP contribution in [-0.2, 0) is 9.63 Å². The Labute approximate surface area is 117 Å². The summed E-state index contributed by atoms with van der Waals surface area (Å²) in [5.41, 5.74) is 2.66. The first kappa shape index (κ1) is 16.6. The molecule has 0 aromatic carbocycles. The normalized spacial score (nSPS) is 29.6. The van der Waals surface area contributed by atoms with Crippen LogP contribution in [0.2, 0.25) is 0 Å². The van der Waals surface area contributed by atoms with E-state index < -0.39 is 0 Å². The Bertz CT molecular complexity index is 303. The van der Waals surface area contributed by atoms with E-state index in [1.165, 1.54) is 0 Å². The van der Waals surface area contributed by atoms with E-state index in [1.807, 2.05) is 0 Å². The maximum atomic E-state index is 12.8. The van der Waals surface area contributed by atoms with Gasteiger partial charge in [-0.1, -0.05) is 27.7 Å². The molecule has 1 fully saturated rings. The second kappa shape index (κ2) is 6.82. The van der Waals surface area contributed by atoms with Crippen molar-refractivity contribution in [3.63, 3.8) is 0 Å². The van der Waals surface area contributed by atoms with Gasteiger partial charge in [-0.25, -0.2) is 5.48 Å². The van der Waals surface area contributed by atoms with Crippen molar-refractivity contribution in [3.05, 3.63) is 0 Å². The third kappa shape index (κ3) is 4.01. The zero-order valence-corrected chi connectivity index (χ0v) is 13.1. The van der Waals surface area contributed by atoms with E-state index in [9.17, 15) is 4.79 Å². The summed E-state index contributed by atoms with van der Waals surface area (Å²) in [5.74, 6) is 0.336. The molecule has 0 saturated carbocycles. The molecule has 0 aromatic rings. The van der Waals surface area contributed by atoms with Gasteiger partial charge in [0.15, 0.2) is 5.78 Å². The summed E-state index contributed by atoms with van der Waals surface area (Å²) in [6, 6.07) is -0.100. The van der Waals surface area contributed by atoms with Crippen LogP contribution in [-0.4, -0.2) is 30.5 Å². The Morgan fingerprint density at radius 3 is 2.53 bits per heavy atom. The summed E-state index contributed by atoms with van der Waals surface area (Å²) < 4.78 is 0. The van der Waals surface area contributed by atoms with Gasteiger partial charge in [-0.3, -0.25) is 4.79 Å². The van der Waals surface area contributed by atoms with Crippen LogP contribution in [0.25, 0.3) is 0 Å². The van der Waals surface area contributed by atoms with Gasteiger partial charge in [0, 0.05) is 17.5 Å². The number of hydrogen-bond donors (Lipinski definition) is 2. The lowest BCUT2D eigenvalue weighted by molar-refractivity contribution is -0.132. The van der Waals surface area contributed by atoms with Crippen LogP contribution < -0.4 is 10.8 Å². The van der Waals surface area contributed by atoms with Gasteiger partial charge in [-0.15, -0.1) is 0 Å². The van der Waals surface area contributed by atoms with Gasteiger partial charge in [0.05, 0.1) is 12.6 Å². The molecule has 4 nitrogen and oxygen atoms in total. The van der Waals surface area contributed by atoms with Crippen LogP contribution in [0.15, 0.2) is 0 Å². The molecule has 2 N–H and O–H groups in total. The van der Waals surface area contributed by atoms with Crippen molar-refractivity contribution in [2.75, 3.05) is 13.2 Å². The van der Waals surface area contributed by atoms with Crippen LogP contribution in [0.4, 0.5) is 0 Å². The molecule has 0 aliphatic carbocycles. The Hall–Kier alpha value is -0.450. The molecular weight excluding hydrogens is 240 g/mol. The van der Waals surface area contributed by atoms with Crippen molar-refractivity contribution in [2.45, 2.75) is 71.9 Å². The lowest BCUT2D eigenvalue weighted by atomic mass is 9.76. The van der Waals surface area contributed by atoms with E-state index in [-0.39, 0.29) is 17.0 Å². The smallest absolute Gasteiger partial charge is 0.155 e. The van der Waals surface area contributed by atoms with E-state index in [0.717, 1.165) is 32.2 Å². The predicted octanol–water partition coefficient (Wildman–Crippen LogP) is 2.43. The average molecular weight is 270 g/mol. The van der Waals surface area contributed by atoms with Crippen molar-refractivity contribution in [3.8, 4) is 0 Å². The SMILES string of the molecule is CCC1(C)CNOCCC(C(=O)C(C)(CC)CC)N1. The number of nitrogens with one attached hydrogen (secondary N) is 2. The molecule has 0 aromatic heterocycles. The average Bonchev–Trinajstić information content (AvgIpc) is 2.41. The summed E-state index contributed by atoms with van der Waals surface area (Å²) in [4.78, 5) is 18.2. The second-order valence-corrected chi connectivity index (χ2v) is 6.20. The predicted molar refractivity (Wildman–Crippen MR) is 77.9 cm³/mol. The van der Waals surface area contributed by atoms with Crippen LogP contribution in [0.1, 0.15) is 60.3 Å². The number of hydrogen-bond acceptors (Lipinski definition) is 4. The lowest BCUT2D eigenvalue weighted by Gasteiger charge is -2.39. The molecule has 1 heterocycles. The molecule has 4 heteroatoms. The van der Waals surface area contributed by atoms with Gasteiger partial charge in [-0.2, -0.15) is 0 Å². The summed E-state index contributed by atoms with van der Waals surface area (Å²) in [6.07, 6.45) is 3.48. The fraction of sp³-hybridized carbons (Fsp3) is 0.933.